The fourth-order valence-corrected chi connectivity index (χ4v) is 2.97. The predicted octanol–water partition coefficient (Wildman–Crippen LogP) is 2.25. The number of aromatic nitrogens is 2. The Morgan fingerprint density at radius 1 is 1.44 bits per heavy atom. The number of benzene rings is 1. The Kier molecular flexibility index (Phi) is 2.92. The molecule has 0 bridgehead atoms. The van der Waals surface area contributed by atoms with E-state index in [1.54, 1.807) is 6.07 Å². The van der Waals surface area contributed by atoms with Gasteiger partial charge in [0.25, 0.3) is 0 Å². The van der Waals surface area contributed by atoms with Crippen molar-refractivity contribution < 1.29 is 0 Å². The van der Waals surface area contributed by atoms with Crippen LogP contribution in [0.2, 0.25) is 5.02 Å². The lowest BCUT2D eigenvalue weighted by Gasteiger charge is -2.30. The smallest absolute Gasteiger partial charge is 0.306 e. The molecule has 1 saturated heterocycles. The quantitative estimate of drug-likeness (QED) is 0.859. The molecule has 4 nitrogen and oxygen atoms in total. The normalized spacial score (nSPS) is 21.6. The maximum atomic E-state index is 12.1. The number of nitrogens with one attached hydrogen (secondary N) is 1. The van der Waals surface area contributed by atoms with Gasteiger partial charge in [-0.3, -0.25) is 4.57 Å². The minimum atomic E-state index is -0.0347. The van der Waals surface area contributed by atoms with Crippen molar-refractivity contribution in [3.8, 4) is 0 Å². The van der Waals surface area contributed by atoms with E-state index in [4.69, 9.17) is 11.6 Å². The standard InChI is InChI=1S/C13H16ClN3O/c1-16-6-2-3-10(8-16)17-12-7-9(14)4-5-11(12)15-13(17)18/h4-5,7,10H,2-3,6,8H2,1H3,(H,15,18). The zero-order valence-electron chi connectivity index (χ0n) is 10.3. The second-order valence-corrected chi connectivity index (χ2v) is 5.46. The molecule has 1 fully saturated rings. The molecule has 0 aliphatic carbocycles. The van der Waals surface area contributed by atoms with Gasteiger partial charge < -0.3 is 9.88 Å². The van der Waals surface area contributed by atoms with Crippen LogP contribution in [-0.2, 0) is 0 Å². The molecule has 2 heterocycles. The highest BCUT2D eigenvalue weighted by atomic mass is 35.5. The molecule has 0 amide bonds. The summed E-state index contributed by atoms with van der Waals surface area (Å²) in [5.41, 5.74) is 1.73. The lowest BCUT2D eigenvalue weighted by molar-refractivity contribution is 0.212. The zero-order chi connectivity index (χ0) is 12.7. The molecule has 1 aliphatic heterocycles. The fourth-order valence-electron chi connectivity index (χ4n) is 2.81. The molecule has 2 aromatic rings. The number of nitrogens with zero attached hydrogens (tertiary/aromatic N) is 2. The number of aromatic amines is 1. The van der Waals surface area contributed by atoms with Crippen LogP contribution in [0.3, 0.4) is 0 Å². The highest BCUT2D eigenvalue weighted by Gasteiger charge is 2.22. The van der Waals surface area contributed by atoms with E-state index in [0.29, 0.717) is 5.02 Å². The SMILES string of the molecule is CN1CCCC(n2c(=O)[nH]c3ccc(Cl)cc32)C1. The molecular weight excluding hydrogens is 250 g/mol. The van der Waals surface area contributed by atoms with Crippen molar-refractivity contribution in [2.45, 2.75) is 18.9 Å². The molecule has 1 unspecified atom stereocenters. The van der Waals surface area contributed by atoms with Crippen LogP contribution in [0.5, 0.6) is 0 Å². The van der Waals surface area contributed by atoms with Crippen LogP contribution in [0.25, 0.3) is 11.0 Å². The lowest BCUT2D eigenvalue weighted by atomic mass is 10.1. The molecule has 1 atom stereocenters. The summed E-state index contributed by atoms with van der Waals surface area (Å²) in [7, 11) is 2.10. The Hall–Kier alpha value is -1.26. The Morgan fingerprint density at radius 2 is 2.28 bits per heavy atom. The predicted molar refractivity (Wildman–Crippen MR) is 73.3 cm³/mol. The number of imidazole rings is 1. The monoisotopic (exact) mass is 265 g/mol. The van der Waals surface area contributed by atoms with Crippen LogP contribution in [0.4, 0.5) is 0 Å². The van der Waals surface area contributed by atoms with Gasteiger partial charge in [-0.2, -0.15) is 0 Å². The second kappa shape index (κ2) is 4.44. The molecule has 5 heteroatoms. The Balaban J connectivity index is 2.12. The average Bonchev–Trinajstić information content (AvgIpc) is 2.64. The summed E-state index contributed by atoms with van der Waals surface area (Å²) >= 11 is 6.03. The molecule has 1 aromatic heterocycles. The molecule has 1 N–H and O–H groups in total. The van der Waals surface area contributed by atoms with Crippen LogP contribution >= 0.6 is 11.6 Å². The van der Waals surface area contributed by atoms with E-state index in [2.05, 4.69) is 16.9 Å². The maximum Gasteiger partial charge on any atom is 0.326 e. The number of hydrogen-bond donors (Lipinski definition) is 1. The number of hydrogen-bond acceptors (Lipinski definition) is 2. The Labute approximate surface area is 110 Å². The van der Waals surface area contributed by atoms with E-state index in [9.17, 15) is 4.79 Å². The van der Waals surface area contributed by atoms with Crippen molar-refractivity contribution in [3.63, 3.8) is 0 Å². The van der Waals surface area contributed by atoms with Gasteiger partial charge in [0.15, 0.2) is 0 Å². The molecule has 0 saturated carbocycles. The first-order valence-corrected chi connectivity index (χ1v) is 6.61. The highest BCUT2D eigenvalue weighted by Crippen LogP contribution is 2.24. The summed E-state index contributed by atoms with van der Waals surface area (Å²) < 4.78 is 1.86. The minimum Gasteiger partial charge on any atom is -0.306 e. The van der Waals surface area contributed by atoms with Gasteiger partial charge >= 0.3 is 5.69 Å². The Bertz CT molecular complexity index is 631. The van der Waals surface area contributed by atoms with Crippen LogP contribution in [0, 0.1) is 0 Å². The number of fused-ring (bicyclic) bond motifs is 1. The van der Waals surface area contributed by atoms with Crippen molar-refractivity contribution in [1.82, 2.24) is 14.5 Å². The lowest BCUT2D eigenvalue weighted by Crippen LogP contribution is -2.36. The molecule has 1 aliphatic rings. The number of rotatable bonds is 1. The summed E-state index contributed by atoms with van der Waals surface area (Å²) in [5, 5.41) is 0.666. The van der Waals surface area contributed by atoms with Gasteiger partial charge in [0, 0.05) is 11.6 Å². The van der Waals surface area contributed by atoms with Crippen molar-refractivity contribution in [2.75, 3.05) is 20.1 Å². The number of likely N-dealkylation sites (tertiary alicyclic amines) is 1. The summed E-state index contributed by atoms with van der Waals surface area (Å²) in [4.78, 5) is 17.3. The molecule has 1 aromatic carbocycles. The van der Waals surface area contributed by atoms with Gasteiger partial charge in [-0.25, -0.2) is 4.79 Å². The van der Waals surface area contributed by atoms with Crippen LogP contribution < -0.4 is 5.69 Å². The number of piperidine rings is 1. The van der Waals surface area contributed by atoms with Gasteiger partial charge in [0.1, 0.15) is 0 Å². The van der Waals surface area contributed by atoms with Gasteiger partial charge in [-0.05, 0) is 44.6 Å². The molecular formula is C13H16ClN3O. The molecule has 3 rings (SSSR count). The number of halogens is 1. The summed E-state index contributed by atoms with van der Waals surface area (Å²) in [6.45, 7) is 2.02. The first-order chi connectivity index (χ1) is 8.65. The van der Waals surface area contributed by atoms with Gasteiger partial charge in [-0.1, -0.05) is 11.6 Å². The molecule has 96 valence electrons. The summed E-state index contributed by atoms with van der Waals surface area (Å²) in [5.74, 6) is 0. The summed E-state index contributed by atoms with van der Waals surface area (Å²) in [6.07, 6.45) is 2.17. The van der Waals surface area contributed by atoms with Gasteiger partial charge in [0.2, 0.25) is 0 Å². The van der Waals surface area contributed by atoms with E-state index in [-0.39, 0.29) is 11.7 Å². The van der Waals surface area contributed by atoms with Crippen molar-refractivity contribution in [3.05, 3.63) is 33.7 Å². The van der Waals surface area contributed by atoms with Crippen molar-refractivity contribution in [1.29, 1.82) is 0 Å². The van der Waals surface area contributed by atoms with E-state index < -0.39 is 0 Å². The third-order valence-corrected chi connectivity index (χ3v) is 3.88. The van der Waals surface area contributed by atoms with Crippen LogP contribution in [-0.4, -0.2) is 34.6 Å². The zero-order valence-corrected chi connectivity index (χ0v) is 11.1. The summed E-state index contributed by atoms with van der Waals surface area (Å²) in [6, 6.07) is 5.77. The number of likely N-dealkylation sites (N-methyl/N-ethyl adjacent to an activating group) is 1. The third-order valence-electron chi connectivity index (χ3n) is 3.64. The van der Waals surface area contributed by atoms with Crippen LogP contribution in [0.15, 0.2) is 23.0 Å². The van der Waals surface area contributed by atoms with Crippen LogP contribution in [0.1, 0.15) is 18.9 Å². The minimum absolute atomic E-state index is 0.0347. The largest absolute Gasteiger partial charge is 0.326 e. The van der Waals surface area contributed by atoms with E-state index in [1.807, 2.05) is 16.7 Å². The molecule has 0 radical (unpaired) electrons. The molecule has 0 spiro atoms. The first-order valence-electron chi connectivity index (χ1n) is 6.23. The van der Waals surface area contributed by atoms with E-state index in [0.717, 1.165) is 37.0 Å². The van der Waals surface area contributed by atoms with Crippen molar-refractivity contribution >= 4 is 22.6 Å². The first kappa shape index (κ1) is 11.8. The highest BCUT2D eigenvalue weighted by molar-refractivity contribution is 6.31. The van der Waals surface area contributed by atoms with Gasteiger partial charge in [-0.15, -0.1) is 0 Å². The average molecular weight is 266 g/mol. The van der Waals surface area contributed by atoms with E-state index in [1.165, 1.54) is 0 Å². The van der Waals surface area contributed by atoms with Crippen molar-refractivity contribution in [2.24, 2.45) is 0 Å². The molecule has 18 heavy (non-hydrogen) atoms. The fraction of sp³-hybridized carbons (Fsp3) is 0.462. The second-order valence-electron chi connectivity index (χ2n) is 5.02. The van der Waals surface area contributed by atoms with Gasteiger partial charge in [0.05, 0.1) is 17.1 Å². The Morgan fingerprint density at radius 3 is 3.06 bits per heavy atom. The topological polar surface area (TPSA) is 41.0 Å². The number of H-pyrrole nitrogens is 1. The maximum absolute atomic E-state index is 12.1. The third kappa shape index (κ3) is 1.95. The van der Waals surface area contributed by atoms with E-state index >= 15 is 0 Å².